The van der Waals surface area contributed by atoms with E-state index in [4.69, 9.17) is 15.2 Å². The monoisotopic (exact) mass is 263 g/mol. The molecule has 0 radical (unpaired) electrons. The zero-order chi connectivity index (χ0) is 13.5. The molecule has 1 heterocycles. The molecule has 19 heavy (non-hydrogen) atoms. The van der Waals surface area contributed by atoms with E-state index in [2.05, 4.69) is 31.2 Å². The van der Waals surface area contributed by atoms with Crippen LogP contribution < -0.4 is 5.73 Å². The lowest BCUT2D eigenvalue weighted by atomic mass is 9.83. The maximum absolute atomic E-state index is 5.72. The van der Waals surface area contributed by atoms with Crippen LogP contribution in [-0.2, 0) is 15.9 Å². The zero-order valence-electron chi connectivity index (χ0n) is 11.8. The summed E-state index contributed by atoms with van der Waals surface area (Å²) in [5, 5.41) is 0. The Morgan fingerprint density at radius 3 is 2.58 bits per heavy atom. The highest BCUT2D eigenvalue weighted by molar-refractivity contribution is 5.32. The van der Waals surface area contributed by atoms with E-state index in [0.717, 1.165) is 26.2 Å². The fraction of sp³-hybridized carbons (Fsp3) is 0.625. The van der Waals surface area contributed by atoms with Crippen LogP contribution >= 0.6 is 0 Å². The van der Waals surface area contributed by atoms with Crippen molar-refractivity contribution in [3.8, 4) is 0 Å². The first kappa shape index (κ1) is 14.5. The Morgan fingerprint density at radius 2 is 1.95 bits per heavy atom. The molecule has 3 heteroatoms. The summed E-state index contributed by atoms with van der Waals surface area (Å²) < 4.78 is 10.2. The van der Waals surface area contributed by atoms with Gasteiger partial charge < -0.3 is 15.2 Å². The summed E-state index contributed by atoms with van der Waals surface area (Å²) in [6.07, 6.45) is 4.89. The van der Waals surface area contributed by atoms with Crippen LogP contribution in [0.2, 0.25) is 0 Å². The summed E-state index contributed by atoms with van der Waals surface area (Å²) in [7, 11) is 0. The van der Waals surface area contributed by atoms with Crippen molar-refractivity contribution in [3.05, 3.63) is 35.4 Å². The fourth-order valence-electron chi connectivity index (χ4n) is 2.74. The highest BCUT2D eigenvalue weighted by Crippen LogP contribution is 2.30. The number of hydrogen-bond donors (Lipinski definition) is 1. The lowest BCUT2D eigenvalue weighted by molar-refractivity contribution is -0.0430. The topological polar surface area (TPSA) is 44.5 Å². The normalized spacial score (nSPS) is 22.5. The average Bonchev–Trinajstić information content (AvgIpc) is 3.01. The van der Waals surface area contributed by atoms with Crippen LogP contribution in [0.1, 0.15) is 43.2 Å². The summed E-state index contributed by atoms with van der Waals surface area (Å²) in [6.45, 7) is 4.41. The first-order chi connectivity index (χ1) is 9.35. The number of aryl methyl sites for hydroxylation is 1. The molecule has 0 spiro atoms. The molecule has 1 aromatic carbocycles. The molecule has 1 atom stereocenters. The van der Waals surface area contributed by atoms with Crippen molar-refractivity contribution in [1.82, 2.24) is 0 Å². The summed E-state index contributed by atoms with van der Waals surface area (Å²) >= 11 is 0. The predicted molar refractivity (Wildman–Crippen MR) is 77.2 cm³/mol. The summed E-state index contributed by atoms with van der Waals surface area (Å²) in [5.74, 6) is 0.620. The second kappa shape index (κ2) is 7.63. The molecule has 1 aromatic rings. The van der Waals surface area contributed by atoms with Crippen molar-refractivity contribution in [2.75, 3.05) is 19.8 Å². The Balaban J connectivity index is 0.000000163. The van der Waals surface area contributed by atoms with Crippen LogP contribution in [0.5, 0.6) is 0 Å². The van der Waals surface area contributed by atoms with Gasteiger partial charge in [-0.15, -0.1) is 0 Å². The van der Waals surface area contributed by atoms with Crippen molar-refractivity contribution < 1.29 is 9.47 Å². The van der Waals surface area contributed by atoms with E-state index in [-0.39, 0.29) is 6.29 Å². The Kier molecular flexibility index (Phi) is 5.83. The van der Waals surface area contributed by atoms with Gasteiger partial charge >= 0.3 is 0 Å². The smallest absolute Gasteiger partial charge is 0.157 e. The Bertz CT molecular complexity index is 375. The lowest BCUT2D eigenvalue weighted by Crippen LogP contribution is -2.17. The van der Waals surface area contributed by atoms with Crippen LogP contribution in [0.4, 0.5) is 0 Å². The van der Waals surface area contributed by atoms with Crippen LogP contribution in [-0.4, -0.2) is 26.0 Å². The third-order valence-electron chi connectivity index (χ3n) is 3.80. The van der Waals surface area contributed by atoms with Crippen molar-refractivity contribution in [1.29, 1.82) is 0 Å². The second-order valence-corrected chi connectivity index (χ2v) is 5.10. The minimum atomic E-state index is 0.0972. The molecule has 3 nitrogen and oxygen atoms in total. The van der Waals surface area contributed by atoms with E-state index in [0.29, 0.717) is 5.92 Å². The quantitative estimate of drug-likeness (QED) is 0.892. The number of nitrogens with two attached hydrogens (primary N) is 1. The Hall–Kier alpha value is -0.900. The molecule has 3 rings (SSSR count). The van der Waals surface area contributed by atoms with Gasteiger partial charge in [0.2, 0.25) is 0 Å². The standard InChI is InChI=1S/C11H15N.C5H10O2/c12-8-10-6-3-5-9-4-1-2-7-11(9)10;1-2-5-6-3-4-7-5/h1-2,4,7,10H,3,5-6,8,12H2;5H,2-4H2,1H3. The number of hydrogen-bond acceptors (Lipinski definition) is 3. The number of benzene rings is 1. The van der Waals surface area contributed by atoms with E-state index >= 15 is 0 Å². The summed E-state index contributed by atoms with van der Waals surface area (Å²) in [5.41, 5.74) is 8.72. The van der Waals surface area contributed by atoms with Crippen LogP contribution in [0, 0.1) is 0 Å². The fourth-order valence-corrected chi connectivity index (χ4v) is 2.74. The van der Waals surface area contributed by atoms with Gasteiger partial charge in [0.25, 0.3) is 0 Å². The van der Waals surface area contributed by atoms with Gasteiger partial charge in [-0.1, -0.05) is 31.2 Å². The van der Waals surface area contributed by atoms with Gasteiger partial charge in [-0.3, -0.25) is 0 Å². The van der Waals surface area contributed by atoms with Crippen molar-refractivity contribution in [2.24, 2.45) is 5.73 Å². The largest absolute Gasteiger partial charge is 0.350 e. The molecule has 0 amide bonds. The molecule has 1 aliphatic heterocycles. The van der Waals surface area contributed by atoms with E-state index in [1.807, 2.05) is 0 Å². The van der Waals surface area contributed by atoms with Crippen molar-refractivity contribution >= 4 is 0 Å². The maximum atomic E-state index is 5.72. The number of rotatable bonds is 2. The minimum Gasteiger partial charge on any atom is -0.350 e. The van der Waals surface area contributed by atoms with Crippen LogP contribution in [0.3, 0.4) is 0 Å². The molecule has 1 saturated heterocycles. The molecule has 2 aliphatic rings. The highest BCUT2D eigenvalue weighted by atomic mass is 16.7. The van der Waals surface area contributed by atoms with Crippen molar-refractivity contribution in [3.63, 3.8) is 0 Å². The number of fused-ring (bicyclic) bond motifs is 1. The van der Waals surface area contributed by atoms with Crippen molar-refractivity contribution in [2.45, 2.75) is 44.8 Å². The van der Waals surface area contributed by atoms with Crippen LogP contribution in [0.15, 0.2) is 24.3 Å². The molecular formula is C16H25NO2. The number of ether oxygens (including phenoxy) is 2. The molecular weight excluding hydrogens is 238 g/mol. The molecule has 1 fully saturated rings. The molecule has 2 N–H and O–H groups in total. The first-order valence-electron chi connectivity index (χ1n) is 7.36. The minimum absolute atomic E-state index is 0.0972. The van der Waals surface area contributed by atoms with Gasteiger partial charge in [0.05, 0.1) is 13.2 Å². The Labute approximate surface area is 116 Å². The van der Waals surface area contributed by atoms with E-state index in [9.17, 15) is 0 Å². The molecule has 0 saturated carbocycles. The molecule has 106 valence electrons. The molecule has 0 aromatic heterocycles. The predicted octanol–water partition coefficient (Wildman–Crippen LogP) is 2.83. The van der Waals surface area contributed by atoms with E-state index in [1.165, 1.54) is 30.4 Å². The molecule has 1 unspecified atom stereocenters. The third kappa shape index (κ3) is 4.03. The first-order valence-corrected chi connectivity index (χ1v) is 7.36. The highest BCUT2D eigenvalue weighted by Gasteiger charge is 2.17. The SMILES string of the molecule is CCC1OCCO1.NCC1CCCc2ccccc21. The van der Waals surface area contributed by atoms with Crippen LogP contribution in [0.25, 0.3) is 0 Å². The Morgan fingerprint density at radius 1 is 1.21 bits per heavy atom. The van der Waals surface area contributed by atoms with Gasteiger partial charge in [-0.2, -0.15) is 0 Å². The summed E-state index contributed by atoms with van der Waals surface area (Å²) in [4.78, 5) is 0. The average molecular weight is 263 g/mol. The third-order valence-corrected chi connectivity index (χ3v) is 3.80. The van der Waals surface area contributed by atoms with E-state index < -0.39 is 0 Å². The molecule has 1 aliphatic carbocycles. The second-order valence-electron chi connectivity index (χ2n) is 5.10. The van der Waals surface area contributed by atoms with Gasteiger partial charge in [0, 0.05) is 0 Å². The van der Waals surface area contributed by atoms with Gasteiger partial charge in [-0.25, -0.2) is 0 Å². The van der Waals surface area contributed by atoms with Gasteiger partial charge in [0.15, 0.2) is 6.29 Å². The van der Waals surface area contributed by atoms with Gasteiger partial charge in [-0.05, 0) is 49.3 Å². The lowest BCUT2D eigenvalue weighted by Gasteiger charge is -2.23. The summed E-state index contributed by atoms with van der Waals surface area (Å²) in [6, 6.07) is 8.70. The zero-order valence-corrected chi connectivity index (χ0v) is 11.8. The van der Waals surface area contributed by atoms with E-state index in [1.54, 1.807) is 0 Å². The molecule has 0 bridgehead atoms. The maximum Gasteiger partial charge on any atom is 0.157 e. The van der Waals surface area contributed by atoms with Gasteiger partial charge in [0.1, 0.15) is 0 Å².